The molecule has 104 valence electrons. The number of carbonyl (C=O) groups is 1. The van der Waals surface area contributed by atoms with Gasteiger partial charge in [0.25, 0.3) is 0 Å². The van der Waals surface area contributed by atoms with E-state index in [4.69, 9.17) is 0 Å². The van der Waals surface area contributed by atoms with Gasteiger partial charge in [-0.05, 0) is 37.8 Å². The third-order valence-corrected chi connectivity index (χ3v) is 4.13. The molecular formula is C17H20N2O. The summed E-state index contributed by atoms with van der Waals surface area (Å²) in [6.07, 6.45) is 2.62. The SMILES string of the molecule is CCCn1nc(C)c(-c2ccc3c(c2)CCC3=O)c1C. The molecule has 0 fully saturated rings. The summed E-state index contributed by atoms with van der Waals surface area (Å²) in [5.74, 6) is 0.279. The molecule has 1 heterocycles. The van der Waals surface area contributed by atoms with E-state index in [1.807, 2.05) is 6.07 Å². The standard InChI is InChI=1S/C17H20N2O/c1-4-9-19-12(3)17(11(2)18-19)14-5-7-15-13(10-14)6-8-16(15)20/h5,7,10H,4,6,8-9H2,1-3H3. The van der Waals surface area contributed by atoms with E-state index in [9.17, 15) is 4.79 Å². The third kappa shape index (κ3) is 1.98. The minimum absolute atomic E-state index is 0.279. The van der Waals surface area contributed by atoms with Crippen molar-refractivity contribution in [3.8, 4) is 11.1 Å². The molecule has 3 rings (SSSR count). The highest BCUT2D eigenvalue weighted by molar-refractivity contribution is 6.01. The van der Waals surface area contributed by atoms with Crippen molar-refractivity contribution < 1.29 is 4.79 Å². The molecule has 0 bridgehead atoms. The highest BCUT2D eigenvalue weighted by atomic mass is 16.1. The molecule has 1 aromatic heterocycles. The van der Waals surface area contributed by atoms with E-state index < -0.39 is 0 Å². The maximum atomic E-state index is 11.7. The Hall–Kier alpha value is -1.90. The molecule has 0 radical (unpaired) electrons. The van der Waals surface area contributed by atoms with Crippen LogP contribution < -0.4 is 0 Å². The van der Waals surface area contributed by atoms with E-state index in [1.54, 1.807) is 0 Å². The van der Waals surface area contributed by atoms with Crippen LogP contribution in [0.4, 0.5) is 0 Å². The first-order valence-electron chi connectivity index (χ1n) is 7.32. The first kappa shape index (κ1) is 13.1. The number of Topliss-reactive ketones (excluding diaryl/α,β-unsaturated/α-hetero) is 1. The summed E-state index contributed by atoms with van der Waals surface area (Å²) in [7, 11) is 0. The molecule has 0 saturated carbocycles. The number of hydrogen-bond acceptors (Lipinski definition) is 2. The van der Waals surface area contributed by atoms with Crippen molar-refractivity contribution >= 4 is 5.78 Å². The summed E-state index contributed by atoms with van der Waals surface area (Å²) in [5.41, 5.74) is 6.80. The van der Waals surface area contributed by atoms with Crippen LogP contribution in [-0.2, 0) is 13.0 Å². The highest BCUT2D eigenvalue weighted by Gasteiger charge is 2.21. The number of carbonyl (C=O) groups excluding carboxylic acids is 1. The number of hydrogen-bond donors (Lipinski definition) is 0. The molecule has 0 atom stereocenters. The Morgan fingerprint density at radius 1 is 1.25 bits per heavy atom. The summed E-state index contributed by atoms with van der Waals surface area (Å²) in [4.78, 5) is 11.7. The second-order valence-electron chi connectivity index (χ2n) is 5.56. The van der Waals surface area contributed by atoms with E-state index in [0.29, 0.717) is 6.42 Å². The number of aryl methyl sites for hydroxylation is 3. The van der Waals surface area contributed by atoms with Gasteiger partial charge in [0.15, 0.2) is 5.78 Å². The third-order valence-electron chi connectivity index (χ3n) is 4.13. The van der Waals surface area contributed by atoms with Crippen LogP contribution in [0, 0.1) is 13.8 Å². The number of fused-ring (bicyclic) bond motifs is 1. The second-order valence-corrected chi connectivity index (χ2v) is 5.56. The quantitative estimate of drug-likeness (QED) is 0.850. The molecule has 0 amide bonds. The smallest absolute Gasteiger partial charge is 0.163 e. The van der Waals surface area contributed by atoms with Crippen LogP contribution in [-0.4, -0.2) is 15.6 Å². The van der Waals surface area contributed by atoms with Gasteiger partial charge in [0, 0.05) is 29.8 Å². The fourth-order valence-electron chi connectivity index (χ4n) is 3.16. The molecule has 0 spiro atoms. The highest BCUT2D eigenvalue weighted by Crippen LogP contribution is 2.31. The van der Waals surface area contributed by atoms with Crippen molar-refractivity contribution in [2.75, 3.05) is 0 Å². The van der Waals surface area contributed by atoms with Crippen molar-refractivity contribution in [3.05, 3.63) is 40.7 Å². The molecule has 0 aliphatic heterocycles. The van der Waals surface area contributed by atoms with Crippen LogP contribution >= 0.6 is 0 Å². The van der Waals surface area contributed by atoms with Gasteiger partial charge >= 0.3 is 0 Å². The zero-order valence-corrected chi connectivity index (χ0v) is 12.4. The molecule has 3 nitrogen and oxygen atoms in total. The minimum Gasteiger partial charge on any atom is -0.294 e. The molecule has 2 aromatic rings. The molecule has 1 aromatic carbocycles. The first-order valence-corrected chi connectivity index (χ1v) is 7.32. The molecule has 0 N–H and O–H groups in total. The Kier molecular flexibility index (Phi) is 3.20. The number of ketones is 1. The molecule has 0 saturated heterocycles. The zero-order valence-electron chi connectivity index (χ0n) is 12.4. The van der Waals surface area contributed by atoms with Crippen molar-refractivity contribution in [1.29, 1.82) is 0 Å². The zero-order chi connectivity index (χ0) is 14.3. The summed E-state index contributed by atoms with van der Waals surface area (Å²) < 4.78 is 2.09. The fourth-order valence-corrected chi connectivity index (χ4v) is 3.16. The molecule has 3 heteroatoms. The number of benzene rings is 1. The van der Waals surface area contributed by atoms with Gasteiger partial charge in [0.05, 0.1) is 5.69 Å². The van der Waals surface area contributed by atoms with Crippen LogP contribution in [0.1, 0.15) is 47.1 Å². The van der Waals surface area contributed by atoms with E-state index in [-0.39, 0.29) is 5.78 Å². The molecule has 0 unspecified atom stereocenters. The van der Waals surface area contributed by atoms with E-state index >= 15 is 0 Å². The lowest BCUT2D eigenvalue weighted by Crippen LogP contribution is -2.01. The van der Waals surface area contributed by atoms with Gasteiger partial charge in [0.2, 0.25) is 0 Å². The van der Waals surface area contributed by atoms with E-state index in [0.717, 1.165) is 30.6 Å². The fraction of sp³-hybridized carbons (Fsp3) is 0.412. The number of nitrogens with zero attached hydrogens (tertiary/aromatic N) is 2. The van der Waals surface area contributed by atoms with Crippen LogP contribution in [0.3, 0.4) is 0 Å². The molecule has 1 aliphatic rings. The largest absolute Gasteiger partial charge is 0.294 e. The Morgan fingerprint density at radius 2 is 2.05 bits per heavy atom. The monoisotopic (exact) mass is 268 g/mol. The van der Waals surface area contributed by atoms with Crippen LogP contribution in [0.25, 0.3) is 11.1 Å². The van der Waals surface area contributed by atoms with E-state index in [1.165, 1.54) is 22.4 Å². The van der Waals surface area contributed by atoms with Gasteiger partial charge in [-0.25, -0.2) is 0 Å². The van der Waals surface area contributed by atoms with Gasteiger partial charge < -0.3 is 0 Å². The lowest BCUT2D eigenvalue weighted by Gasteiger charge is -2.06. The van der Waals surface area contributed by atoms with Crippen LogP contribution in [0.5, 0.6) is 0 Å². The summed E-state index contributed by atoms with van der Waals surface area (Å²) in [6.45, 7) is 7.31. The van der Waals surface area contributed by atoms with Crippen LogP contribution in [0.15, 0.2) is 18.2 Å². The van der Waals surface area contributed by atoms with Gasteiger partial charge in [-0.3, -0.25) is 9.48 Å². The summed E-state index contributed by atoms with van der Waals surface area (Å²) >= 11 is 0. The molecule has 20 heavy (non-hydrogen) atoms. The average molecular weight is 268 g/mol. The van der Waals surface area contributed by atoms with Crippen molar-refractivity contribution in [1.82, 2.24) is 9.78 Å². The maximum Gasteiger partial charge on any atom is 0.163 e. The van der Waals surface area contributed by atoms with Gasteiger partial charge in [-0.1, -0.05) is 25.1 Å². The van der Waals surface area contributed by atoms with Crippen molar-refractivity contribution in [2.24, 2.45) is 0 Å². The van der Waals surface area contributed by atoms with Crippen molar-refractivity contribution in [2.45, 2.75) is 46.6 Å². The first-order chi connectivity index (χ1) is 9.61. The van der Waals surface area contributed by atoms with Gasteiger partial charge in [-0.15, -0.1) is 0 Å². The Bertz CT molecular complexity index is 683. The number of aromatic nitrogens is 2. The molecular weight excluding hydrogens is 248 g/mol. The second kappa shape index (κ2) is 4.89. The topological polar surface area (TPSA) is 34.9 Å². The summed E-state index contributed by atoms with van der Waals surface area (Å²) in [6, 6.07) is 6.22. The Labute approximate surface area is 119 Å². The van der Waals surface area contributed by atoms with Crippen LogP contribution in [0.2, 0.25) is 0 Å². The summed E-state index contributed by atoms with van der Waals surface area (Å²) in [5, 5.41) is 4.63. The predicted octanol–water partition coefficient (Wildman–Crippen LogP) is 3.71. The van der Waals surface area contributed by atoms with Gasteiger partial charge in [-0.2, -0.15) is 5.10 Å². The normalized spacial score (nSPS) is 13.8. The Balaban J connectivity index is 2.08. The van der Waals surface area contributed by atoms with E-state index in [2.05, 4.69) is 42.7 Å². The lowest BCUT2D eigenvalue weighted by molar-refractivity contribution is 0.0994. The van der Waals surface area contributed by atoms with Crippen molar-refractivity contribution in [3.63, 3.8) is 0 Å². The maximum absolute atomic E-state index is 11.7. The average Bonchev–Trinajstić information content (AvgIpc) is 2.92. The minimum atomic E-state index is 0.279. The molecule has 1 aliphatic carbocycles. The Morgan fingerprint density at radius 3 is 2.80 bits per heavy atom. The predicted molar refractivity (Wildman–Crippen MR) is 80.1 cm³/mol. The van der Waals surface area contributed by atoms with Gasteiger partial charge in [0.1, 0.15) is 0 Å². The number of rotatable bonds is 3. The lowest BCUT2D eigenvalue weighted by atomic mass is 9.99.